The lowest BCUT2D eigenvalue weighted by molar-refractivity contribution is 0.0601. The number of aryl methyl sites for hydroxylation is 1. The number of ether oxygens (including phenoxy) is 2. The molecule has 3 aromatic carbocycles. The Morgan fingerprint density at radius 3 is 2.18 bits per heavy atom. The summed E-state index contributed by atoms with van der Waals surface area (Å²) < 4.78 is 9.81. The van der Waals surface area contributed by atoms with Gasteiger partial charge in [0.2, 0.25) is 5.95 Å². The van der Waals surface area contributed by atoms with E-state index in [9.17, 15) is 19.5 Å². The van der Waals surface area contributed by atoms with Gasteiger partial charge in [-0.1, -0.05) is 23.8 Å². The molecule has 0 saturated heterocycles. The van der Waals surface area contributed by atoms with Crippen molar-refractivity contribution in [1.29, 1.82) is 0 Å². The fourth-order valence-corrected chi connectivity index (χ4v) is 3.57. The number of methoxy groups -OCH3 is 2. The number of carbonyl (C=O) groups is 3. The van der Waals surface area contributed by atoms with Crippen LogP contribution in [0.1, 0.15) is 42.2 Å². The number of anilines is 2. The minimum atomic E-state index is -0.785. The Labute approximate surface area is 194 Å². The highest BCUT2D eigenvalue weighted by atomic mass is 16.5. The summed E-state index contributed by atoms with van der Waals surface area (Å²) in [4.78, 5) is 46.1. The number of aromatic hydroxyl groups is 1. The van der Waals surface area contributed by atoms with Gasteiger partial charge in [-0.05, 0) is 43.3 Å². The standard InChI is InChI=1S/C25H21N3O6/c1-13-8-9-20(29)15(10-13)22(30)14-11-16(23(31)33-2)21(17(12-14)24(32)34-3)28-25-26-18-6-4-5-7-19(18)27-25/h4-12,29H,1-3H3,(H2,26,27,28). The number of nitrogens with zero attached hydrogens (tertiary/aromatic N) is 1. The van der Waals surface area contributed by atoms with Gasteiger partial charge in [-0.3, -0.25) is 4.79 Å². The number of ketones is 1. The molecule has 0 aliphatic heterocycles. The Morgan fingerprint density at radius 1 is 0.912 bits per heavy atom. The fraction of sp³-hybridized carbons (Fsp3) is 0.120. The van der Waals surface area contributed by atoms with Crippen molar-refractivity contribution in [3.63, 3.8) is 0 Å². The van der Waals surface area contributed by atoms with Crippen molar-refractivity contribution in [2.24, 2.45) is 0 Å². The molecule has 0 saturated carbocycles. The van der Waals surface area contributed by atoms with Crippen molar-refractivity contribution >= 4 is 40.4 Å². The number of esters is 2. The Morgan fingerprint density at radius 2 is 1.56 bits per heavy atom. The highest BCUT2D eigenvalue weighted by molar-refractivity contribution is 6.15. The number of phenols is 1. The molecular formula is C25H21N3O6. The van der Waals surface area contributed by atoms with Crippen LogP contribution in [0.15, 0.2) is 54.6 Å². The molecule has 0 aliphatic rings. The average molecular weight is 459 g/mol. The van der Waals surface area contributed by atoms with Crippen LogP contribution < -0.4 is 5.32 Å². The van der Waals surface area contributed by atoms with Gasteiger partial charge in [-0.25, -0.2) is 14.6 Å². The summed E-state index contributed by atoms with van der Waals surface area (Å²) in [5, 5.41) is 13.2. The van der Waals surface area contributed by atoms with E-state index in [0.717, 1.165) is 11.1 Å². The van der Waals surface area contributed by atoms with Gasteiger partial charge in [0.15, 0.2) is 5.78 Å². The number of para-hydroxylation sites is 2. The van der Waals surface area contributed by atoms with Crippen LogP contribution >= 0.6 is 0 Å². The first kappa shape index (κ1) is 22.5. The smallest absolute Gasteiger partial charge is 0.340 e. The monoisotopic (exact) mass is 459 g/mol. The molecule has 34 heavy (non-hydrogen) atoms. The lowest BCUT2D eigenvalue weighted by Crippen LogP contribution is -2.15. The topological polar surface area (TPSA) is 131 Å². The number of hydrogen-bond acceptors (Lipinski definition) is 8. The molecule has 9 heteroatoms. The van der Waals surface area contributed by atoms with Gasteiger partial charge in [0.1, 0.15) is 5.75 Å². The van der Waals surface area contributed by atoms with Gasteiger partial charge >= 0.3 is 11.9 Å². The zero-order valence-corrected chi connectivity index (χ0v) is 18.6. The lowest BCUT2D eigenvalue weighted by Gasteiger charge is -2.15. The maximum Gasteiger partial charge on any atom is 0.340 e. The number of nitrogens with one attached hydrogen (secondary N) is 2. The van der Waals surface area contributed by atoms with E-state index in [1.807, 2.05) is 18.2 Å². The number of carbonyl (C=O) groups excluding carboxylic acids is 3. The zero-order valence-electron chi connectivity index (χ0n) is 18.6. The highest BCUT2D eigenvalue weighted by Crippen LogP contribution is 2.31. The zero-order chi connectivity index (χ0) is 24.4. The molecule has 0 atom stereocenters. The van der Waals surface area contributed by atoms with Crippen LogP contribution in [0.5, 0.6) is 5.75 Å². The first-order valence-corrected chi connectivity index (χ1v) is 10.2. The van der Waals surface area contributed by atoms with Crippen molar-refractivity contribution in [1.82, 2.24) is 9.97 Å². The molecule has 0 radical (unpaired) electrons. The number of benzene rings is 3. The molecule has 0 aliphatic carbocycles. The van der Waals surface area contributed by atoms with Crippen LogP contribution in [-0.4, -0.2) is 47.0 Å². The predicted octanol–water partition coefficient (Wildman–Crippen LogP) is 4.12. The van der Waals surface area contributed by atoms with Crippen molar-refractivity contribution in [2.45, 2.75) is 6.92 Å². The lowest BCUT2D eigenvalue weighted by atomic mass is 9.95. The van der Waals surface area contributed by atoms with Gasteiger partial charge in [-0.2, -0.15) is 0 Å². The molecule has 0 amide bonds. The van der Waals surface area contributed by atoms with E-state index in [-0.39, 0.29) is 39.6 Å². The summed E-state index contributed by atoms with van der Waals surface area (Å²) in [6.07, 6.45) is 0. The third kappa shape index (κ3) is 4.18. The number of aromatic amines is 1. The summed E-state index contributed by atoms with van der Waals surface area (Å²) in [6, 6.07) is 14.5. The number of hydrogen-bond donors (Lipinski definition) is 3. The molecule has 0 unspecified atom stereocenters. The number of H-pyrrole nitrogens is 1. The van der Waals surface area contributed by atoms with Gasteiger partial charge in [0.05, 0.1) is 47.6 Å². The quantitative estimate of drug-likeness (QED) is 0.290. The molecule has 4 rings (SSSR count). The third-order valence-electron chi connectivity index (χ3n) is 5.24. The Bertz CT molecular complexity index is 1370. The van der Waals surface area contributed by atoms with Crippen molar-refractivity contribution in [3.05, 3.63) is 82.4 Å². The van der Waals surface area contributed by atoms with Gasteiger partial charge in [0, 0.05) is 5.56 Å². The summed E-state index contributed by atoms with van der Waals surface area (Å²) in [5.74, 6) is -2.10. The van der Waals surface area contributed by atoms with Crippen molar-refractivity contribution < 1.29 is 29.0 Å². The number of imidazole rings is 1. The highest BCUT2D eigenvalue weighted by Gasteiger charge is 2.26. The molecule has 172 valence electrons. The van der Waals surface area contributed by atoms with Crippen LogP contribution in [-0.2, 0) is 9.47 Å². The molecule has 0 spiro atoms. The van der Waals surface area contributed by atoms with E-state index in [0.29, 0.717) is 5.52 Å². The second-order valence-corrected chi connectivity index (χ2v) is 7.51. The number of phenolic OH excluding ortho intramolecular Hbond substituents is 1. The largest absolute Gasteiger partial charge is 0.507 e. The van der Waals surface area contributed by atoms with Crippen LogP contribution in [0, 0.1) is 6.92 Å². The van der Waals surface area contributed by atoms with E-state index in [1.54, 1.807) is 19.1 Å². The molecule has 3 N–H and O–H groups in total. The number of aromatic nitrogens is 2. The molecular weight excluding hydrogens is 438 g/mol. The SMILES string of the molecule is COC(=O)c1cc(C(=O)c2cc(C)ccc2O)cc(C(=O)OC)c1Nc1nc2ccccc2[nH]1. The van der Waals surface area contributed by atoms with Crippen LogP contribution in [0.25, 0.3) is 11.0 Å². The van der Waals surface area contributed by atoms with Crippen LogP contribution in [0.3, 0.4) is 0 Å². The molecule has 1 heterocycles. The molecule has 0 bridgehead atoms. The Kier molecular flexibility index (Phi) is 6.01. The summed E-state index contributed by atoms with van der Waals surface area (Å²) >= 11 is 0. The third-order valence-corrected chi connectivity index (χ3v) is 5.24. The van der Waals surface area contributed by atoms with Gasteiger partial charge in [-0.15, -0.1) is 0 Å². The van der Waals surface area contributed by atoms with Gasteiger partial charge < -0.3 is 24.9 Å². The Hall–Kier alpha value is -4.66. The Balaban J connectivity index is 1.89. The maximum absolute atomic E-state index is 13.2. The molecule has 4 aromatic rings. The maximum atomic E-state index is 13.2. The van der Waals surface area contributed by atoms with Crippen molar-refractivity contribution in [2.75, 3.05) is 19.5 Å². The minimum Gasteiger partial charge on any atom is -0.507 e. The normalized spacial score (nSPS) is 10.7. The van der Waals surface area contributed by atoms with Crippen LogP contribution in [0.2, 0.25) is 0 Å². The molecule has 1 aromatic heterocycles. The van der Waals surface area contributed by atoms with Gasteiger partial charge in [0.25, 0.3) is 0 Å². The van der Waals surface area contributed by atoms with Crippen LogP contribution in [0.4, 0.5) is 11.6 Å². The van der Waals surface area contributed by atoms with E-state index in [1.165, 1.54) is 38.5 Å². The van der Waals surface area contributed by atoms with Crippen molar-refractivity contribution in [3.8, 4) is 5.75 Å². The minimum absolute atomic E-state index is 0.00291. The van der Waals surface area contributed by atoms with E-state index in [4.69, 9.17) is 9.47 Å². The second-order valence-electron chi connectivity index (χ2n) is 7.51. The molecule has 9 nitrogen and oxygen atoms in total. The molecule has 0 fully saturated rings. The fourth-order valence-electron chi connectivity index (χ4n) is 3.57. The average Bonchev–Trinajstić information content (AvgIpc) is 3.26. The predicted molar refractivity (Wildman–Crippen MR) is 125 cm³/mol. The summed E-state index contributed by atoms with van der Waals surface area (Å²) in [6.45, 7) is 1.77. The number of fused-ring (bicyclic) bond motifs is 1. The summed E-state index contributed by atoms with van der Waals surface area (Å²) in [7, 11) is 2.37. The number of rotatable bonds is 6. The van der Waals surface area contributed by atoms with E-state index in [2.05, 4.69) is 15.3 Å². The van der Waals surface area contributed by atoms with E-state index >= 15 is 0 Å². The summed E-state index contributed by atoms with van der Waals surface area (Å²) in [5.41, 5.74) is 2.09. The first-order chi connectivity index (χ1) is 16.3. The first-order valence-electron chi connectivity index (χ1n) is 10.2. The van der Waals surface area contributed by atoms with E-state index < -0.39 is 17.7 Å². The second kappa shape index (κ2) is 9.07.